The Labute approximate surface area is 53.4 Å². The Morgan fingerprint density at radius 3 is 1.80 bits per heavy atom. The van der Waals surface area contributed by atoms with Gasteiger partial charge in [-0.05, 0) is 0 Å². The number of rotatable bonds is 4. The van der Waals surface area contributed by atoms with Crippen molar-refractivity contribution in [1.29, 1.82) is 0 Å². The summed E-state index contributed by atoms with van der Waals surface area (Å²) in [6.07, 6.45) is -2.49. The van der Waals surface area contributed by atoms with Crippen molar-refractivity contribution in [3.63, 3.8) is 0 Å². The van der Waals surface area contributed by atoms with E-state index in [-0.39, 0.29) is 5.64 Å². The van der Waals surface area contributed by atoms with Crippen molar-refractivity contribution in [3.05, 3.63) is 25.4 Å². The minimum absolute atomic E-state index is 0.351. The number of nitrogens with zero attached hydrogens (tertiary/aromatic N) is 2. The number of hydrogen-bond acceptors (Lipinski definition) is 6. The molecule has 0 unspecified atom stereocenters. The molecule has 0 rings (SSSR count). The van der Waals surface area contributed by atoms with Crippen LogP contribution in [0.4, 0.5) is 0 Å². The van der Waals surface area contributed by atoms with Gasteiger partial charge in [0.1, 0.15) is 9.85 Å². The topological polar surface area (TPSA) is 135 Å². The molecule has 0 radical (unpaired) electrons. The molecule has 0 bridgehead atoms. The molecule has 0 atom stereocenters. The Morgan fingerprint density at radius 1 is 1.30 bits per heavy atom. The molecular weight excluding hydrogens is 150 g/mol. The molecule has 9 heteroatoms. The van der Waals surface area contributed by atoms with E-state index >= 15 is 0 Å². The third kappa shape index (κ3) is 2.30. The Balaban J connectivity index is 3.98. The minimum atomic E-state index is -2.49. The first kappa shape index (κ1) is 8.68. The lowest BCUT2D eigenvalue weighted by atomic mass is 11.0. The molecule has 0 heterocycles. The second kappa shape index (κ2) is 3.66. The summed E-state index contributed by atoms with van der Waals surface area (Å²) in [7, 11) is 0. The fraction of sp³-hybridized carbons (Fsp3) is 1.00. The van der Waals surface area contributed by atoms with Crippen LogP contribution >= 0.6 is 0 Å². The molecule has 58 valence electrons. The molecule has 0 aromatic heterocycles. The zero-order valence-electron chi connectivity index (χ0n) is 4.50. The molecule has 0 amide bonds. The molecular formula is CH3N3O6. The Kier molecular flexibility index (Phi) is 3.17. The van der Waals surface area contributed by atoms with Gasteiger partial charge in [0.15, 0.2) is 0 Å². The summed E-state index contributed by atoms with van der Waals surface area (Å²) in [6, 6.07) is 0. The van der Waals surface area contributed by atoms with Gasteiger partial charge in [-0.25, -0.2) is 5.64 Å². The molecule has 0 aliphatic rings. The predicted molar refractivity (Wildman–Crippen MR) is 24.2 cm³/mol. The lowest BCUT2D eigenvalue weighted by Gasteiger charge is -1.99. The fourth-order valence-corrected chi connectivity index (χ4v) is 0.226. The molecule has 2 N–H and O–H groups in total. The third-order valence-electron chi connectivity index (χ3n) is 0.538. The molecule has 0 saturated carbocycles. The molecule has 9 nitrogen and oxygen atoms in total. The van der Waals surface area contributed by atoms with Crippen LogP contribution in [-0.2, 0) is 4.84 Å². The van der Waals surface area contributed by atoms with Gasteiger partial charge in [0, 0.05) is 0 Å². The first-order chi connectivity index (χ1) is 4.59. The van der Waals surface area contributed by atoms with Crippen LogP contribution < -0.4 is 5.64 Å². The van der Waals surface area contributed by atoms with E-state index in [1.807, 2.05) is 0 Å². The van der Waals surface area contributed by atoms with Crippen molar-refractivity contribution in [3.8, 4) is 0 Å². The first-order valence-electron chi connectivity index (χ1n) is 1.95. The summed E-state index contributed by atoms with van der Waals surface area (Å²) in [4.78, 5) is 20.1. The van der Waals surface area contributed by atoms with E-state index < -0.39 is 16.2 Å². The summed E-state index contributed by atoms with van der Waals surface area (Å²) >= 11 is 0. The Morgan fingerprint density at radius 2 is 1.70 bits per heavy atom. The molecule has 0 spiro atoms. The van der Waals surface area contributed by atoms with Crippen LogP contribution in [-0.4, -0.2) is 16.2 Å². The van der Waals surface area contributed by atoms with E-state index in [1.165, 1.54) is 0 Å². The minimum Gasteiger partial charge on any atom is -0.601 e. The van der Waals surface area contributed by atoms with E-state index in [1.54, 1.807) is 0 Å². The van der Waals surface area contributed by atoms with E-state index in [9.17, 15) is 25.4 Å². The molecule has 10 heavy (non-hydrogen) atoms. The van der Waals surface area contributed by atoms with Crippen LogP contribution in [0.15, 0.2) is 0 Å². The van der Waals surface area contributed by atoms with E-state index in [4.69, 9.17) is 0 Å². The number of quaternary nitrogens is 1. The summed E-state index contributed by atoms with van der Waals surface area (Å²) in [5.41, 5.74) is -0.351. The van der Waals surface area contributed by atoms with Gasteiger partial charge < -0.3 is 5.21 Å². The average molecular weight is 153 g/mol. The highest BCUT2D eigenvalue weighted by Gasteiger charge is 2.35. The predicted octanol–water partition coefficient (Wildman–Crippen LogP) is -2.18. The van der Waals surface area contributed by atoms with Crippen molar-refractivity contribution < 1.29 is 20.3 Å². The van der Waals surface area contributed by atoms with Crippen molar-refractivity contribution >= 4 is 0 Å². The number of nitro groups is 2. The molecule has 0 aliphatic heterocycles. The summed E-state index contributed by atoms with van der Waals surface area (Å²) in [5, 5.41) is 28.6. The lowest BCUT2D eigenvalue weighted by molar-refractivity contribution is -0.968. The van der Waals surface area contributed by atoms with Gasteiger partial charge in [0.05, 0.1) is 0 Å². The van der Waals surface area contributed by atoms with E-state index in [0.29, 0.717) is 0 Å². The van der Waals surface area contributed by atoms with E-state index in [2.05, 4.69) is 4.84 Å². The van der Waals surface area contributed by atoms with Gasteiger partial charge in [-0.2, -0.15) is 0 Å². The summed E-state index contributed by atoms with van der Waals surface area (Å²) in [5.74, 6) is 0. The standard InChI is InChI=1S/CH3N3O6/c5-2-10-1(3(6)7)4(8)9/h1H,2H2. The normalized spacial score (nSPS) is 9.80. The first-order valence-corrected chi connectivity index (χ1v) is 1.95. The molecule has 0 fully saturated rings. The van der Waals surface area contributed by atoms with Crippen LogP contribution in [0.1, 0.15) is 0 Å². The SMILES string of the molecule is O=[N+]([O-])C(O[NH2+][O-])[N+](=O)[O-]. The van der Waals surface area contributed by atoms with Crippen LogP contribution in [0.3, 0.4) is 0 Å². The number of nitrogens with two attached hydrogens (primary N) is 1. The van der Waals surface area contributed by atoms with Crippen LogP contribution in [0.5, 0.6) is 0 Å². The highest BCUT2D eigenvalue weighted by molar-refractivity contribution is 4.14. The molecule has 0 saturated heterocycles. The smallest absolute Gasteiger partial charge is 0.601 e. The van der Waals surface area contributed by atoms with Crippen molar-refractivity contribution in [2.45, 2.75) is 6.35 Å². The van der Waals surface area contributed by atoms with Gasteiger partial charge in [-0.15, -0.1) is 0 Å². The monoisotopic (exact) mass is 153 g/mol. The molecule has 0 aliphatic carbocycles. The Bertz CT molecular complexity index is 130. The van der Waals surface area contributed by atoms with Gasteiger partial charge in [-0.1, -0.05) is 4.84 Å². The van der Waals surface area contributed by atoms with Crippen LogP contribution in [0, 0.1) is 25.4 Å². The zero-order chi connectivity index (χ0) is 8.15. The van der Waals surface area contributed by atoms with Crippen molar-refractivity contribution in [2.75, 3.05) is 0 Å². The van der Waals surface area contributed by atoms with Crippen LogP contribution in [0.25, 0.3) is 0 Å². The maximum Gasteiger partial charge on any atom is 0.612 e. The lowest BCUT2D eigenvalue weighted by Crippen LogP contribution is -2.79. The van der Waals surface area contributed by atoms with E-state index in [0.717, 1.165) is 0 Å². The second-order valence-electron chi connectivity index (χ2n) is 1.13. The van der Waals surface area contributed by atoms with Gasteiger partial charge >= 0.3 is 6.35 Å². The zero-order valence-corrected chi connectivity index (χ0v) is 4.50. The van der Waals surface area contributed by atoms with Crippen molar-refractivity contribution in [2.24, 2.45) is 0 Å². The third-order valence-corrected chi connectivity index (χ3v) is 0.538. The maximum absolute atomic E-state index is 9.61. The quantitative estimate of drug-likeness (QED) is 0.277. The maximum atomic E-state index is 9.61. The number of hydrogen-bond donors (Lipinski definition) is 1. The Hall–Kier alpha value is -1.32. The van der Waals surface area contributed by atoms with Gasteiger partial charge in [0.2, 0.25) is 0 Å². The second-order valence-corrected chi connectivity index (χ2v) is 1.13. The highest BCUT2D eigenvalue weighted by Crippen LogP contribution is 1.87. The summed E-state index contributed by atoms with van der Waals surface area (Å²) in [6.45, 7) is 0. The van der Waals surface area contributed by atoms with Crippen molar-refractivity contribution in [1.82, 2.24) is 0 Å². The molecule has 0 aromatic carbocycles. The average Bonchev–Trinajstić information content (AvgIpc) is 1.81. The fourth-order valence-electron chi connectivity index (χ4n) is 0.226. The van der Waals surface area contributed by atoms with Gasteiger partial charge in [-0.3, -0.25) is 20.2 Å². The highest BCUT2D eigenvalue weighted by atomic mass is 16.9. The molecule has 0 aromatic rings. The van der Waals surface area contributed by atoms with Gasteiger partial charge in [0.25, 0.3) is 0 Å². The summed E-state index contributed by atoms with van der Waals surface area (Å²) < 4.78 is 0. The van der Waals surface area contributed by atoms with Crippen LogP contribution in [0.2, 0.25) is 0 Å². The largest absolute Gasteiger partial charge is 0.612 e.